The van der Waals surface area contributed by atoms with Gasteiger partial charge in [-0.1, -0.05) is 375 Å². The molecule has 0 amide bonds. The Bertz CT molecular complexity index is 1890. The Balaban J connectivity index is 5.20. The van der Waals surface area contributed by atoms with E-state index in [4.69, 9.17) is 37.0 Å². The fourth-order valence-electron chi connectivity index (χ4n) is 12.4. The lowest BCUT2D eigenvalue weighted by Crippen LogP contribution is -2.30. The molecule has 3 unspecified atom stereocenters. The van der Waals surface area contributed by atoms with Gasteiger partial charge < -0.3 is 33.8 Å². The summed E-state index contributed by atoms with van der Waals surface area (Å²) in [6.45, 7) is 7.39. The van der Waals surface area contributed by atoms with E-state index < -0.39 is 97.5 Å². The molecule has 99 heavy (non-hydrogen) atoms. The Morgan fingerprint density at radius 1 is 0.283 bits per heavy atom. The Labute approximate surface area is 607 Å². The van der Waals surface area contributed by atoms with Crippen LogP contribution in [0.5, 0.6) is 0 Å². The fourth-order valence-corrected chi connectivity index (χ4v) is 14.0. The van der Waals surface area contributed by atoms with E-state index in [9.17, 15) is 43.2 Å². The number of phosphoric ester groups is 2. The molecular weight excluding hydrogens is 1290 g/mol. The number of hydrogen-bond donors (Lipinski definition) is 3. The predicted octanol–water partition coefficient (Wildman–Crippen LogP) is 24.0. The summed E-state index contributed by atoms with van der Waals surface area (Å²) in [5, 5.41) is 10.6. The van der Waals surface area contributed by atoms with Crippen LogP contribution >= 0.6 is 15.6 Å². The Morgan fingerprint density at radius 3 is 0.717 bits per heavy atom. The number of unbranched alkanes of at least 4 members (excludes halogenated alkanes) is 51. The molecule has 0 aliphatic carbocycles. The van der Waals surface area contributed by atoms with E-state index in [1.165, 1.54) is 250 Å². The van der Waals surface area contributed by atoms with Crippen LogP contribution in [0.15, 0.2) is 0 Å². The monoisotopic (exact) mass is 1450 g/mol. The molecule has 17 nitrogen and oxygen atoms in total. The molecule has 19 heteroatoms. The van der Waals surface area contributed by atoms with Gasteiger partial charge in [0.1, 0.15) is 19.3 Å². The molecule has 0 bridgehead atoms. The highest BCUT2D eigenvalue weighted by Crippen LogP contribution is 2.45. The third kappa shape index (κ3) is 72.8. The number of phosphoric acid groups is 2. The summed E-state index contributed by atoms with van der Waals surface area (Å²) in [4.78, 5) is 72.9. The van der Waals surface area contributed by atoms with Gasteiger partial charge in [0.2, 0.25) is 0 Å². The van der Waals surface area contributed by atoms with Crippen molar-refractivity contribution in [1.82, 2.24) is 0 Å². The molecule has 0 aliphatic rings. The quantitative estimate of drug-likeness (QED) is 0.0222. The standard InChI is InChI=1S/C80H156O17P2/c1-6-10-13-16-19-22-25-33-39-44-49-54-59-64-78(83)91-70-76(97-80(85)66-61-56-51-46-41-36-32-30-28-27-29-31-35-38-42-47-52-57-62-73(5)9-4)72-95-99(88,89)93-68-74(81)67-92-98(86,87)94-71-75(69-90-77(82)63-58-53-48-43-37-24-21-18-15-12-8-3)96-79(84)65-60-55-50-45-40-34-26-23-20-17-14-11-7-2/h73-76,81H,6-72H2,1-5H3,(H,86,87)(H,88,89)/t73?,74-,75+,76+/m0/s1. The van der Waals surface area contributed by atoms with E-state index in [0.29, 0.717) is 25.7 Å². The maximum Gasteiger partial charge on any atom is 0.472 e. The minimum atomic E-state index is -4.96. The van der Waals surface area contributed by atoms with Crippen molar-refractivity contribution in [3.63, 3.8) is 0 Å². The molecule has 0 aromatic carbocycles. The Morgan fingerprint density at radius 2 is 0.485 bits per heavy atom. The molecule has 0 rings (SSSR count). The fraction of sp³-hybridized carbons (Fsp3) is 0.950. The average Bonchev–Trinajstić information content (AvgIpc) is 0.994. The van der Waals surface area contributed by atoms with Gasteiger partial charge in [0.25, 0.3) is 0 Å². The van der Waals surface area contributed by atoms with Gasteiger partial charge in [-0.2, -0.15) is 0 Å². The lowest BCUT2D eigenvalue weighted by Gasteiger charge is -2.21. The summed E-state index contributed by atoms with van der Waals surface area (Å²) < 4.78 is 68.7. The summed E-state index contributed by atoms with van der Waals surface area (Å²) in [5.41, 5.74) is 0. The van der Waals surface area contributed by atoms with E-state index in [2.05, 4.69) is 34.6 Å². The summed E-state index contributed by atoms with van der Waals surface area (Å²) >= 11 is 0. The normalized spacial score (nSPS) is 14.1. The maximum absolute atomic E-state index is 13.1. The second kappa shape index (κ2) is 73.0. The van der Waals surface area contributed by atoms with Gasteiger partial charge in [0, 0.05) is 25.7 Å². The number of aliphatic hydroxyl groups is 1. The van der Waals surface area contributed by atoms with Crippen LogP contribution in [-0.2, 0) is 65.4 Å². The summed E-state index contributed by atoms with van der Waals surface area (Å²) in [7, 11) is -9.91. The van der Waals surface area contributed by atoms with E-state index in [0.717, 1.165) is 95.8 Å². The Hall–Kier alpha value is -1.94. The number of hydrogen-bond acceptors (Lipinski definition) is 15. The molecule has 6 atom stereocenters. The number of esters is 4. The van der Waals surface area contributed by atoms with Crippen molar-refractivity contribution in [2.75, 3.05) is 39.6 Å². The van der Waals surface area contributed by atoms with Crippen molar-refractivity contribution >= 4 is 39.5 Å². The second-order valence-corrected chi connectivity index (χ2v) is 32.0. The topological polar surface area (TPSA) is 237 Å². The second-order valence-electron chi connectivity index (χ2n) is 29.1. The molecule has 0 aromatic rings. The maximum atomic E-state index is 13.1. The van der Waals surface area contributed by atoms with Crippen molar-refractivity contribution in [3.8, 4) is 0 Å². The number of aliphatic hydroxyl groups excluding tert-OH is 1. The molecule has 588 valence electrons. The molecule has 0 fully saturated rings. The molecule has 0 heterocycles. The van der Waals surface area contributed by atoms with E-state index in [1.807, 2.05) is 0 Å². The van der Waals surface area contributed by atoms with Crippen LogP contribution in [0.3, 0.4) is 0 Å². The zero-order chi connectivity index (χ0) is 72.7. The van der Waals surface area contributed by atoms with Crippen molar-refractivity contribution in [2.45, 2.75) is 445 Å². The van der Waals surface area contributed by atoms with Crippen LogP contribution in [0.1, 0.15) is 426 Å². The number of carbonyl (C=O) groups is 4. The SMILES string of the molecule is CCCCCCCCCCCCCCCC(=O)OC[C@H](COP(=O)(O)OC[C@@H](O)COP(=O)(O)OC[C@@H](COC(=O)CCCCCCCCCCCCC)OC(=O)CCCCCCCCCCCCCCC)OC(=O)CCCCCCCCCCCCCCCCCCCCC(C)CC. The van der Waals surface area contributed by atoms with Gasteiger partial charge in [-0.25, -0.2) is 9.13 Å². The van der Waals surface area contributed by atoms with Crippen LogP contribution in [0.4, 0.5) is 0 Å². The van der Waals surface area contributed by atoms with Crippen LogP contribution < -0.4 is 0 Å². The van der Waals surface area contributed by atoms with Crippen molar-refractivity contribution in [1.29, 1.82) is 0 Å². The van der Waals surface area contributed by atoms with E-state index in [-0.39, 0.29) is 25.7 Å². The van der Waals surface area contributed by atoms with Gasteiger partial charge >= 0.3 is 39.5 Å². The average molecular weight is 1450 g/mol. The first-order valence-corrected chi connectivity index (χ1v) is 44.7. The number of ether oxygens (including phenoxy) is 4. The highest BCUT2D eigenvalue weighted by molar-refractivity contribution is 7.47. The van der Waals surface area contributed by atoms with Crippen LogP contribution in [0.2, 0.25) is 0 Å². The van der Waals surface area contributed by atoms with Gasteiger partial charge in [-0.3, -0.25) is 37.3 Å². The zero-order valence-corrected chi connectivity index (χ0v) is 66.4. The summed E-state index contributed by atoms with van der Waals surface area (Å²) in [5.74, 6) is -1.23. The van der Waals surface area contributed by atoms with Gasteiger partial charge in [-0.05, 0) is 31.6 Å². The Kier molecular flexibility index (Phi) is 71.6. The smallest absolute Gasteiger partial charge is 0.462 e. The molecule has 0 aliphatic heterocycles. The van der Waals surface area contributed by atoms with Crippen molar-refractivity contribution in [3.05, 3.63) is 0 Å². The predicted molar refractivity (Wildman–Crippen MR) is 405 cm³/mol. The van der Waals surface area contributed by atoms with Crippen LogP contribution in [-0.4, -0.2) is 96.7 Å². The van der Waals surface area contributed by atoms with Gasteiger partial charge in [0.05, 0.1) is 26.4 Å². The minimum Gasteiger partial charge on any atom is -0.462 e. The molecule has 0 spiro atoms. The van der Waals surface area contributed by atoms with E-state index in [1.54, 1.807) is 0 Å². The molecule has 0 radical (unpaired) electrons. The molecule has 0 aromatic heterocycles. The first-order chi connectivity index (χ1) is 48.1. The number of rotatable bonds is 80. The minimum absolute atomic E-state index is 0.108. The largest absolute Gasteiger partial charge is 0.472 e. The van der Waals surface area contributed by atoms with E-state index >= 15 is 0 Å². The zero-order valence-electron chi connectivity index (χ0n) is 64.6. The third-order valence-corrected chi connectivity index (χ3v) is 21.0. The van der Waals surface area contributed by atoms with Crippen LogP contribution in [0.25, 0.3) is 0 Å². The highest BCUT2D eigenvalue weighted by atomic mass is 31.2. The van der Waals surface area contributed by atoms with Gasteiger partial charge in [-0.15, -0.1) is 0 Å². The number of carbonyl (C=O) groups excluding carboxylic acids is 4. The molecule has 0 saturated heterocycles. The molecule has 3 N–H and O–H groups in total. The lowest BCUT2D eigenvalue weighted by atomic mass is 9.99. The third-order valence-electron chi connectivity index (χ3n) is 19.1. The lowest BCUT2D eigenvalue weighted by molar-refractivity contribution is -0.161. The molecule has 0 saturated carbocycles. The summed E-state index contributed by atoms with van der Waals surface area (Å²) in [6.07, 6.45) is 63.6. The first-order valence-electron chi connectivity index (χ1n) is 41.7. The van der Waals surface area contributed by atoms with Crippen molar-refractivity contribution < 1.29 is 80.2 Å². The summed E-state index contributed by atoms with van der Waals surface area (Å²) in [6, 6.07) is 0. The highest BCUT2D eigenvalue weighted by Gasteiger charge is 2.30. The molecular formula is C80H156O17P2. The van der Waals surface area contributed by atoms with Crippen molar-refractivity contribution in [2.24, 2.45) is 5.92 Å². The van der Waals surface area contributed by atoms with Crippen LogP contribution in [0, 0.1) is 5.92 Å². The van der Waals surface area contributed by atoms with Gasteiger partial charge in [0.15, 0.2) is 12.2 Å². The first kappa shape index (κ1) is 97.1.